The zero-order valence-electron chi connectivity index (χ0n) is 11.5. The van der Waals surface area contributed by atoms with Gasteiger partial charge in [0.1, 0.15) is 17.2 Å². The number of aliphatic hydroxyl groups is 1. The molecule has 0 aliphatic rings. The predicted octanol–water partition coefficient (Wildman–Crippen LogP) is 3.28. The Balaban J connectivity index is 2.17. The molecule has 1 N–H and O–H groups in total. The van der Waals surface area contributed by atoms with Crippen LogP contribution in [-0.4, -0.2) is 16.6 Å². The van der Waals surface area contributed by atoms with Gasteiger partial charge in [0.15, 0.2) is 0 Å². The first-order valence-electron chi connectivity index (χ1n) is 6.43. The van der Waals surface area contributed by atoms with E-state index in [-0.39, 0.29) is 11.3 Å². The number of aliphatic hydroxyl groups excluding tert-OH is 1. The SMILES string of the molecule is CCOc1ccc(Oc2ccc([N+](=O)[O-])c(CO)c2)cc1. The zero-order chi connectivity index (χ0) is 15.2. The van der Waals surface area contributed by atoms with Crippen molar-refractivity contribution in [1.82, 2.24) is 0 Å². The van der Waals surface area contributed by atoms with Crippen molar-refractivity contribution >= 4 is 5.69 Å². The summed E-state index contributed by atoms with van der Waals surface area (Å²) in [6.07, 6.45) is 0. The number of benzene rings is 2. The third-order valence-electron chi connectivity index (χ3n) is 2.79. The highest BCUT2D eigenvalue weighted by Crippen LogP contribution is 2.28. The maximum Gasteiger partial charge on any atom is 0.275 e. The molecule has 6 heteroatoms. The molecular formula is C15H15NO5. The first-order valence-corrected chi connectivity index (χ1v) is 6.43. The van der Waals surface area contributed by atoms with E-state index in [1.54, 1.807) is 24.3 Å². The first kappa shape index (κ1) is 14.8. The minimum Gasteiger partial charge on any atom is -0.494 e. The van der Waals surface area contributed by atoms with Crippen LogP contribution in [0.15, 0.2) is 42.5 Å². The average Bonchev–Trinajstić information content (AvgIpc) is 2.49. The minimum absolute atomic E-state index is 0.128. The second-order valence-electron chi connectivity index (χ2n) is 4.21. The van der Waals surface area contributed by atoms with Crippen LogP contribution in [0.5, 0.6) is 17.2 Å². The maximum atomic E-state index is 10.8. The van der Waals surface area contributed by atoms with Gasteiger partial charge in [0.2, 0.25) is 0 Å². The van der Waals surface area contributed by atoms with E-state index in [0.29, 0.717) is 18.1 Å². The van der Waals surface area contributed by atoms with Crippen LogP contribution in [0.1, 0.15) is 12.5 Å². The predicted molar refractivity (Wildman–Crippen MR) is 76.7 cm³/mol. The van der Waals surface area contributed by atoms with E-state index in [1.807, 2.05) is 6.92 Å². The molecule has 0 atom stereocenters. The monoisotopic (exact) mass is 289 g/mol. The van der Waals surface area contributed by atoms with Gasteiger partial charge in [-0.25, -0.2) is 0 Å². The molecule has 0 spiro atoms. The largest absolute Gasteiger partial charge is 0.494 e. The Hall–Kier alpha value is -2.60. The fourth-order valence-corrected chi connectivity index (χ4v) is 1.84. The normalized spacial score (nSPS) is 10.2. The van der Waals surface area contributed by atoms with Gasteiger partial charge in [0, 0.05) is 6.07 Å². The summed E-state index contributed by atoms with van der Waals surface area (Å²) in [5.41, 5.74) is 0.0833. The van der Waals surface area contributed by atoms with Crippen molar-refractivity contribution in [2.75, 3.05) is 6.61 Å². The number of nitro benzene ring substituents is 1. The zero-order valence-corrected chi connectivity index (χ0v) is 11.5. The Kier molecular flexibility index (Phi) is 4.73. The van der Waals surface area contributed by atoms with Crippen LogP contribution < -0.4 is 9.47 Å². The molecule has 6 nitrogen and oxygen atoms in total. The van der Waals surface area contributed by atoms with Crippen molar-refractivity contribution < 1.29 is 19.5 Å². The van der Waals surface area contributed by atoms with Crippen LogP contribution in [0.3, 0.4) is 0 Å². The summed E-state index contributed by atoms with van der Waals surface area (Å²) < 4.78 is 10.9. The highest BCUT2D eigenvalue weighted by molar-refractivity contribution is 5.46. The number of nitro groups is 1. The Bertz CT molecular complexity index is 624. The van der Waals surface area contributed by atoms with E-state index in [9.17, 15) is 15.2 Å². The molecule has 0 aliphatic heterocycles. The van der Waals surface area contributed by atoms with Crippen LogP contribution in [0.25, 0.3) is 0 Å². The molecule has 21 heavy (non-hydrogen) atoms. The molecule has 2 aromatic carbocycles. The number of rotatable bonds is 6. The molecule has 0 heterocycles. The lowest BCUT2D eigenvalue weighted by molar-refractivity contribution is -0.385. The van der Waals surface area contributed by atoms with Crippen LogP contribution in [-0.2, 0) is 6.61 Å². The Morgan fingerprint density at radius 2 is 1.71 bits per heavy atom. The van der Waals surface area contributed by atoms with Gasteiger partial charge in [-0.1, -0.05) is 0 Å². The summed E-state index contributed by atoms with van der Waals surface area (Å²) in [6.45, 7) is 2.07. The quantitative estimate of drug-likeness (QED) is 0.652. The average molecular weight is 289 g/mol. The van der Waals surface area contributed by atoms with Gasteiger partial charge in [-0.2, -0.15) is 0 Å². The maximum absolute atomic E-state index is 10.8. The van der Waals surface area contributed by atoms with E-state index >= 15 is 0 Å². The summed E-state index contributed by atoms with van der Waals surface area (Å²) in [5.74, 6) is 1.75. The fraction of sp³-hybridized carbons (Fsp3) is 0.200. The van der Waals surface area contributed by atoms with E-state index in [1.165, 1.54) is 18.2 Å². The summed E-state index contributed by atoms with van der Waals surface area (Å²) in [5, 5.41) is 20.0. The highest BCUT2D eigenvalue weighted by atomic mass is 16.6. The molecule has 0 bridgehead atoms. The van der Waals surface area contributed by atoms with E-state index in [4.69, 9.17) is 9.47 Å². The summed E-state index contributed by atoms with van der Waals surface area (Å²) in [4.78, 5) is 10.3. The summed E-state index contributed by atoms with van der Waals surface area (Å²) >= 11 is 0. The van der Waals surface area contributed by atoms with Crippen LogP contribution in [0.2, 0.25) is 0 Å². The van der Waals surface area contributed by atoms with Crippen LogP contribution >= 0.6 is 0 Å². The number of nitrogens with zero attached hydrogens (tertiary/aromatic N) is 1. The molecule has 2 aromatic rings. The van der Waals surface area contributed by atoms with Gasteiger partial charge in [-0.3, -0.25) is 10.1 Å². The van der Waals surface area contributed by atoms with Crippen molar-refractivity contribution in [2.45, 2.75) is 13.5 Å². The lowest BCUT2D eigenvalue weighted by Gasteiger charge is -2.08. The molecule has 0 fully saturated rings. The lowest BCUT2D eigenvalue weighted by Crippen LogP contribution is -1.96. The van der Waals surface area contributed by atoms with Crippen molar-refractivity contribution in [1.29, 1.82) is 0 Å². The smallest absolute Gasteiger partial charge is 0.275 e. The molecule has 0 radical (unpaired) electrons. The third-order valence-corrected chi connectivity index (χ3v) is 2.79. The van der Waals surface area contributed by atoms with Gasteiger partial charge in [-0.05, 0) is 43.3 Å². The van der Waals surface area contributed by atoms with Gasteiger partial charge >= 0.3 is 0 Å². The molecular weight excluding hydrogens is 274 g/mol. The van der Waals surface area contributed by atoms with Crippen molar-refractivity contribution in [2.24, 2.45) is 0 Å². The molecule has 0 aliphatic carbocycles. The van der Waals surface area contributed by atoms with E-state index in [2.05, 4.69) is 0 Å². The molecule has 0 amide bonds. The number of ether oxygens (including phenoxy) is 2. The fourth-order valence-electron chi connectivity index (χ4n) is 1.84. The standard InChI is InChI=1S/C15H15NO5/c1-2-20-12-3-5-13(6-4-12)21-14-7-8-15(16(18)19)11(9-14)10-17/h3-9,17H,2,10H2,1H3. The first-order chi connectivity index (χ1) is 10.1. The van der Waals surface area contributed by atoms with Gasteiger partial charge in [-0.15, -0.1) is 0 Å². The molecule has 0 saturated carbocycles. The number of hydrogen-bond acceptors (Lipinski definition) is 5. The Morgan fingerprint density at radius 1 is 1.10 bits per heavy atom. The molecule has 0 aromatic heterocycles. The van der Waals surface area contributed by atoms with Crippen molar-refractivity contribution in [3.8, 4) is 17.2 Å². The van der Waals surface area contributed by atoms with Gasteiger partial charge in [0.25, 0.3) is 5.69 Å². The second-order valence-corrected chi connectivity index (χ2v) is 4.21. The molecule has 110 valence electrons. The van der Waals surface area contributed by atoms with E-state index < -0.39 is 11.5 Å². The minimum atomic E-state index is -0.536. The number of hydrogen-bond donors (Lipinski definition) is 1. The lowest BCUT2D eigenvalue weighted by atomic mass is 10.2. The summed E-state index contributed by atoms with van der Waals surface area (Å²) in [7, 11) is 0. The van der Waals surface area contributed by atoms with Crippen molar-refractivity contribution in [3.05, 3.63) is 58.1 Å². The summed E-state index contributed by atoms with van der Waals surface area (Å²) in [6, 6.07) is 11.3. The molecule has 0 unspecified atom stereocenters. The second kappa shape index (κ2) is 6.71. The molecule has 0 saturated heterocycles. The van der Waals surface area contributed by atoms with E-state index in [0.717, 1.165) is 5.75 Å². The van der Waals surface area contributed by atoms with Crippen LogP contribution in [0.4, 0.5) is 5.69 Å². The Morgan fingerprint density at radius 3 is 2.29 bits per heavy atom. The Labute approximate surface area is 121 Å². The topological polar surface area (TPSA) is 81.8 Å². The third kappa shape index (κ3) is 3.70. The van der Waals surface area contributed by atoms with Gasteiger partial charge in [0.05, 0.1) is 23.7 Å². The van der Waals surface area contributed by atoms with Crippen LogP contribution in [0, 0.1) is 10.1 Å². The highest BCUT2D eigenvalue weighted by Gasteiger charge is 2.14. The van der Waals surface area contributed by atoms with Gasteiger partial charge < -0.3 is 14.6 Å². The van der Waals surface area contributed by atoms with Crippen molar-refractivity contribution in [3.63, 3.8) is 0 Å². The molecule has 2 rings (SSSR count).